The molecule has 0 heterocycles. The molecule has 0 radical (unpaired) electrons. The summed E-state index contributed by atoms with van der Waals surface area (Å²) in [5.41, 5.74) is 10.0. The number of halogens is 2. The van der Waals surface area contributed by atoms with Crippen LogP contribution in [0.5, 0.6) is 0 Å². The maximum Gasteiger partial charge on any atom is 0.123 e. The molecule has 72 heavy (non-hydrogen) atoms. The van der Waals surface area contributed by atoms with Crippen molar-refractivity contribution in [3.63, 3.8) is 0 Å². The molecule has 2 unspecified atom stereocenters. The second-order valence-electron chi connectivity index (χ2n) is 21.0. The van der Waals surface area contributed by atoms with E-state index in [1.165, 1.54) is 56.3 Å². The van der Waals surface area contributed by atoms with Gasteiger partial charge in [0.25, 0.3) is 0 Å². The SMILES string of the molecule is CCCc1cccc(-c2cccc(SN(C)CC(C)CNC(C)(C)CCCc3ccc(F)cc3)c2)c1.CCCc1cccc(-c2cccc(SN(C)CC(O)CNC(C)(C)CCCc3cccc(F)c3)c2)c1. The van der Waals surface area contributed by atoms with Crippen LogP contribution in [0.4, 0.5) is 8.78 Å². The van der Waals surface area contributed by atoms with Gasteiger partial charge in [0, 0.05) is 40.5 Å². The van der Waals surface area contributed by atoms with Crippen LogP contribution in [-0.4, -0.2) is 71.2 Å². The van der Waals surface area contributed by atoms with E-state index in [1.807, 2.05) is 37.2 Å². The number of benzene rings is 6. The molecule has 0 spiro atoms. The Labute approximate surface area is 442 Å². The minimum absolute atomic E-state index is 0.0840. The summed E-state index contributed by atoms with van der Waals surface area (Å²) in [6.45, 7) is 18.7. The Morgan fingerprint density at radius 3 is 1.43 bits per heavy atom. The molecule has 5 nitrogen and oxygen atoms in total. The number of hydrogen-bond acceptors (Lipinski definition) is 7. The van der Waals surface area contributed by atoms with E-state index in [9.17, 15) is 13.9 Å². The van der Waals surface area contributed by atoms with Crippen LogP contribution >= 0.6 is 23.9 Å². The predicted octanol–water partition coefficient (Wildman–Crippen LogP) is 15.5. The van der Waals surface area contributed by atoms with Gasteiger partial charge >= 0.3 is 0 Å². The van der Waals surface area contributed by atoms with Crippen LogP contribution in [0.3, 0.4) is 0 Å². The summed E-state index contributed by atoms with van der Waals surface area (Å²) in [6, 6.07) is 48.9. The van der Waals surface area contributed by atoms with Crippen LogP contribution in [0.25, 0.3) is 22.3 Å². The number of aliphatic hydroxyl groups is 1. The molecule has 0 aliphatic heterocycles. The zero-order valence-corrected chi connectivity index (χ0v) is 46.5. The van der Waals surface area contributed by atoms with Gasteiger partial charge in [0.1, 0.15) is 11.6 Å². The first-order chi connectivity index (χ1) is 34.5. The molecule has 6 aromatic rings. The molecule has 0 saturated heterocycles. The highest BCUT2D eigenvalue weighted by Crippen LogP contribution is 2.30. The standard InChI is InChI=1S/C32H43FN2S.C31H41FN2OS/c1-6-10-27-11-7-13-28(21-27)29-14-8-15-31(22-29)36-35(5)24-25(2)23-34-32(3,4)20-9-12-26-16-18-30(33)19-17-26;1-5-10-24-11-6-14-26(19-24)27-15-8-17-30(21-27)36-34(4)23-29(35)22-33-31(2,3)18-9-13-25-12-7-16-28(32)20-25/h7-8,11,13-19,21-22,25,34H,6,9-10,12,20,23-24H2,1-5H3;6-8,11-12,14-17,19-21,29,33,35H,5,9-10,13,18,22-23H2,1-4H3. The van der Waals surface area contributed by atoms with Crippen molar-refractivity contribution in [2.24, 2.45) is 5.92 Å². The number of likely N-dealkylation sites (N-methyl/N-ethyl adjacent to an activating group) is 1. The lowest BCUT2D eigenvalue weighted by atomic mass is 9.94. The van der Waals surface area contributed by atoms with Crippen molar-refractivity contribution in [3.8, 4) is 22.3 Å². The maximum atomic E-state index is 13.4. The largest absolute Gasteiger partial charge is 0.390 e. The number of aliphatic hydroxyl groups excluding tert-OH is 1. The summed E-state index contributed by atoms with van der Waals surface area (Å²) in [5, 5.41) is 17.9. The first-order valence-corrected chi connectivity index (χ1v) is 27.9. The molecule has 388 valence electrons. The van der Waals surface area contributed by atoms with Crippen molar-refractivity contribution in [3.05, 3.63) is 179 Å². The molecule has 0 amide bonds. The third-order valence-electron chi connectivity index (χ3n) is 12.9. The Kier molecular flexibility index (Phi) is 24.5. The zero-order chi connectivity index (χ0) is 51.9. The summed E-state index contributed by atoms with van der Waals surface area (Å²) in [6.07, 6.45) is 10.0. The number of aryl methyl sites for hydroxylation is 4. The van der Waals surface area contributed by atoms with Crippen molar-refractivity contribution in [2.75, 3.05) is 40.3 Å². The molecule has 0 bridgehead atoms. The first kappa shape index (κ1) is 58.6. The van der Waals surface area contributed by atoms with E-state index in [2.05, 4.69) is 172 Å². The van der Waals surface area contributed by atoms with E-state index in [1.54, 1.807) is 36.2 Å². The Bertz CT molecular complexity index is 2500. The van der Waals surface area contributed by atoms with Crippen LogP contribution in [-0.2, 0) is 25.7 Å². The van der Waals surface area contributed by atoms with Gasteiger partial charge in [-0.15, -0.1) is 0 Å². The van der Waals surface area contributed by atoms with E-state index in [0.717, 1.165) is 81.3 Å². The zero-order valence-electron chi connectivity index (χ0n) is 44.8. The summed E-state index contributed by atoms with van der Waals surface area (Å²) < 4.78 is 30.9. The molecule has 0 saturated carbocycles. The fourth-order valence-corrected chi connectivity index (χ4v) is 10.9. The second kappa shape index (κ2) is 30.1. The summed E-state index contributed by atoms with van der Waals surface area (Å²) >= 11 is 3.48. The van der Waals surface area contributed by atoms with Crippen LogP contribution in [0.15, 0.2) is 155 Å². The molecule has 2 atom stereocenters. The molecule has 0 aliphatic rings. The Hall–Kier alpha value is -4.32. The minimum atomic E-state index is -0.473. The molecular formula is C63H84F2N4OS2. The number of hydrogen-bond donors (Lipinski definition) is 3. The normalized spacial score (nSPS) is 12.8. The number of nitrogens with one attached hydrogen (secondary N) is 2. The van der Waals surface area contributed by atoms with Gasteiger partial charge in [-0.3, -0.25) is 0 Å². The highest BCUT2D eigenvalue weighted by Gasteiger charge is 2.21. The predicted molar refractivity (Wildman–Crippen MR) is 307 cm³/mol. The second-order valence-corrected chi connectivity index (χ2v) is 23.6. The van der Waals surface area contributed by atoms with Crippen molar-refractivity contribution in [2.45, 2.75) is 140 Å². The van der Waals surface area contributed by atoms with Crippen LogP contribution in [0, 0.1) is 17.6 Å². The topological polar surface area (TPSA) is 50.8 Å². The Morgan fingerprint density at radius 1 is 0.500 bits per heavy atom. The molecule has 0 aliphatic carbocycles. The van der Waals surface area contributed by atoms with Gasteiger partial charge in [0.05, 0.1) is 6.10 Å². The molecule has 0 fully saturated rings. The molecule has 0 aromatic heterocycles. The lowest BCUT2D eigenvalue weighted by molar-refractivity contribution is 0.140. The van der Waals surface area contributed by atoms with Crippen LogP contribution in [0.2, 0.25) is 0 Å². The third kappa shape index (κ3) is 22.0. The van der Waals surface area contributed by atoms with Crippen LogP contribution < -0.4 is 10.6 Å². The fourth-order valence-electron chi connectivity index (χ4n) is 8.99. The average molecular weight is 1020 g/mol. The Balaban J connectivity index is 0.000000267. The molecular weight excluding hydrogens is 931 g/mol. The maximum absolute atomic E-state index is 13.4. The van der Waals surface area contributed by atoms with Crippen molar-refractivity contribution in [1.82, 2.24) is 19.2 Å². The van der Waals surface area contributed by atoms with Crippen molar-refractivity contribution in [1.29, 1.82) is 0 Å². The smallest absolute Gasteiger partial charge is 0.123 e. The summed E-state index contributed by atoms with van der Waals surface area (Å²) in [7, 11) is 4.20. The van der Waals surface area contributed by atoms with Crippen molar-refractivity contribution >= 4 is 23.9 Å². The van der Waals surface area contributed by atoms with Gasteiger partial charge in [-0.1, -0.05) is 131 Å². The molecule has 6 aromatic carbocycles. The molecule has 9 heteroatoms. The lowest BCUT2D eigenvalue weighted by Crippen LogP contribution is -2.45. The average Bonchev–Trinajstić information content (AvgIpc) is 3.34. The van der Waals surface area contributed by atoms with Gasteiger partial charge in [-0.05, 0) is 223 Å². The van der Waals surface area contributed by atoms with Gasteiger partial charge in [0.2, 0.25) is 0 Å². The fraction of sp³-hybridized carbons (Fsp3) is 0.429. The molecule has 6 rings (SSSR count). The quantitative estimate of drug-likeness (QED) is 0.0423. The lowest BCUT2D eigenvalue weighted by Gasteiger charge is -2.29. The number of nitrogens with zero attached hydrogens (tertiary/aromatic N) is 2. The van der Waals surface area contributed by atoms with E-state index < -0.39 is 6.10 Å². The Morgan fingerprint density at radius 2 is 0.931 bits per heavy atom. The van der Waals surface area contributed by atoms with E-state index in [0.29, 0.717) is 19.0 Å². The van der Waals surface area contributed by atoms with Gasteiger partial charge < -0.3 is 15.7 Å². The first-order valence-electron chi connectivity index (χ1n) is 26.3. The highest BCUT2D eigenvalue weighted by atomic mass is 32.2. The van der Waals surface area contributed by atoms with Crippen LogP contribution in [0.1, 0.15) is 109 Å². The van der Waals surface area contributed by atoms with Gasteiger partial charge in [-0.25, -0.2) is 17.4 Å². The van der Waals surface area contributed by atoms with Gasteiger partial charge in [-0.2, -0.15) is 0 Å². The monoisotopic (exact) mass is 1010 g/mol. The summed E-state index contributed by atoms with van der Waals surface area (Å²) in [4.78, 5) is 2.44. The van der Waals surface area contributed by atoms with E-state index in [4.69, 9.17) is 0 Å². The highest BCUT2D eigenvalue weighted by molar-refractivity contribution is 7.97. The summed E-state index contributed by atoms with van der Waals surface area (Å²) in [5.74, 6) is 0.193. The number of β-amino-alcohol motifs (C(OH)–C–C–N with tert-alkyl or cyclic N) is 1. The van der Waals surface area contributed by atoms with Crippen molar-refractivity contribution < 1.29 is 13.9 Å². The third-order valence-corrected chi connectivity index (χ3v) is 14.8. The van der Waals surface area contributed by atoms with E-state index in [-0.39, 0.29) is 22.7 Å². The minimum Gasteiger partial charge on any atom is -0.390 e. The molecule has 3 N–H and O–H groups in total. The van der Waals surface area contributed by atoms with Gasteiger partial charge in [0.15, 0.2) is 0 Å². The van der Waals surface area contributed by atoms with E-state index >= 15 is 0 Å². The number of rotatable bonds is 28.